The average Bonchev–Trinajstić information content (AvgIpc) is 2.83. The summed E-state index contributed by atoms with van der Waals surface area (Å²) in [4.78, 5) is 0. The summed E-state index contributed by atoms with van der Waals surface area (Å²) in [5, 5.41) is 9.51. The molecule has 0 amide bonds. The monoisotopic (exact) mass is 202 g/mol. The molecular formula is C10H9F3O. The van der Waals surface area contributed by atoms with E-state index in [2.05, 4.69) is 0 Å². The van der Waals surface area contributed by atoms with Gasteiger partial charge in [-0.25, -0.2) is 13.2 Å². The first-order chi connectivity index (χ1) is 6.59. The normalized spacial score (nSPS) is 18.3. The van der Waals surface area contributed by atoms with E-state index in [4.69, 9.17) is 0 Å². The fourth-order valence-corrected chi connectivity index (χ4v) is 1.48. The van der Waals surface area contributed by atoms with E-state index < -0.39 is 29.1 Å². The number of aliphatic hydroxyl groups is 1. The van der Waals surface area contributed by atoms with Crippen LogP contribution >= 0.6 is 0 Å². The van der Waals surface area contributed by atoms with Crippen LogP contribution in [-0.4, -0.2) is 5.11 Å². The van der Waals surface area contributed by atoms with Crippen LogP contribution in [0.15, 0.2) is 12.1 Å². The second-order valence-corrected chi connectivity index (χ2v) is 3.57. The number of halogens is 3. The van der Waals surface area contributed by atoms with Crippen molar-refractivity contribution >= 4 is 0 Å². The van der Waals surface area contributed by atoms with Crippen molar-refractivity contribution in [1.82, 2.24) is 0 Å². The summed E-state index contributed by atoms with van der Waals surface area (Å²) in [5.74, 6) is -3.07. The molecule has 0 saturated heterocycles. The average molecular weight is 202 g/mol. The van der Waals surface area contributed by atoms with Crippen LogP contribution in [0.1, 0.15) is 24.5 Å². The highest BCUT2D eigenvalue weighted by atomic mass is 19.1. The molecular weight excluding hydrogens is 193 g/mol. The predicted octanol–water partition coefficient (Wildman–Crippen LogP) is 2.55. The fourth-order valence-electron chi connectivity index (χ4n) is 1.48. The Kier molecular flexibility index (Phi) is 2.23. The Morgan fingerprint density at radius 1 is 1.14 bits per heavy atom. The Morgan fingerprint density at radius 3 is 2.07 bits per heavy atom. The molecule has 0 spiro atoms. The molecule has 0 bridgehead atoms. The zero-order valence-electron chi connectivity index (χ0n) is 7.30. The molecule has 1 saturated carbocycles. The molecule has 1 fully saturated rings. The lowest BCUT2D eigenvalue weighted by molar-refractivity contribution is 0.144. The van der Waals surface area contributed by atoms with Crippen molar-refractivity contribution in [1.29, 1.82) is 0 Å². The molecule has 76 valence electrons. The van der Waals surface area contributed by atoms with Gasteiger partial charge in [0, 0.05) is 12.1 Å². The van der Waals surface area contributed by atoms with Crippen molar-refractivity contribution in [3.05, 3.63) is 35.1 Å². The zero-order valence-corrected chi connectivity index (χ0v) is 7.30. The van der Waals surface area contributed by atoms with Gasteiger partial charge in [-0.05, 0) is 18.8 Å². The van der Waals surface area contributed by atoms with Crippen molar-refractivity contribution in [3.8, 4) is 0 Å². The fraction of sp³-hybridized carbons (Fsp3) is 0.400. The van der Waals surface area contributed by atoms with Crippen LogP contribution in [0.5, 0.6) is 0 Å². The maximum Gasteiger partial charge on any atom is 0.134 e. The molecule has 1 aromatic carbocycles. The first kappa shape index (κ1) is 9.52. The topological polar surface area (TPSA) is 20.2 Å². The highest BCUT2D eigenvalue weighted by Gasteiger charge is 2.34. The summed E-state index contributed by atoms with van der Waals surface area (Å²) in [6, 6.07) is 1.17. The molecule has 1 nitrogen and oxygen atoms in total. The van der Waals surface area contributed by atoms with Crippen LogP contribution in [0.4, 0.5) is 13.2 Å². The summed E-state index contributed by atoms with van der Waals surface area (Å²) in [6.07, 6.45) is 0.380. The molecule has 1 aromatic rings. The lowest BCUT2D eigenvalue weighted by atomic mass is 10.0. The second-order valence-electron chi connectivity index (χ2n) is 3.57. The standard InChI is InChI=1S/C10H9F3O/c11-6-3-7(12)9(8(13)4-6)10(14)5-1-2-5/h3-5,10,14H,1-2H2. The number of benzene rings is 1. The van der Waals surface area contributed by atoms with E-state index in [9.17, 15) is 18.3 Å². The molecule has 1 unspecified atom stereocenters. The number of hydrogen-bond donors (Lipinski definition) is 1. The summed E-state index contributed by atoms with van der Waals surface area (Å²) in [6.45, 7) is 0. The Labute approximate surface area is 79.2 Å². The van der Waals surface area contributed by atoms with Crippen LogP contribution in [0, 0.1) is 23.4 Å². The summed E-state index contributed by atoms with van der Waals surface area (Å²) < 4.78 is 38.7. The minimum absolute atomic E-state index is 0.0792. The Balaban J connectivity index is 2.40. The quantitative estimate of drug-likeness (QED) is 0.781. The Hall–Kier alpha value is -1.03. The van der Waals surface area contributed by atoms with Crippen molar-refractivity contribution in [2.24, 2.45) is 5.92 Å². The molecule has 14 heavy (non-hydrogen) atoms. The van der Waals surface area contributed by atoms with E-state index in [1.807, 2.05) is 0 Å². The van der Waals surface area contributed by atoms with Crippen LogP contribution in [-0.2, 0) is 0 Å². The molecule has 0 aliphatic heterocycles. The van der Waals surface area contributed by atoms with Gasteiger partial charge in [-0.1, -0.05) is 0 Å². The van der Waals surface area contributed by atoms with Crippen LogP contribution < -0.4 is 0 Å². The highest BCUT2D eigenvalue weighted by Crippen LogP contribution is 2.42. The lowest BCUT2D eigenvalue weighted by Gasteiger charge is -2.11. The van der Waals surface area contributed by atoms with Crippen LogP contribution in [0.2, 0.25) is 0 Å². The van der Waals surface area contributed by atoms with Crippen molar-refractivity contribution in [3.63, 3.8) is 0 Å². The van der Waals surface area contributed by atoms with Crippen molar-refractivity contribution in [2.45, 2.75) is 18.9 Å². The van der Waals surface area contributed by atoms with E-state index in [1.165, 1.54) is 0 Å². The summed E-state index contributed by atoms with van der Waals surface area (Å²) >= 11 is 0. The number of rotatable bonds is 2. The molecule has 4 heteroatoms. The third kappa shape index (κ3) is 1.62. The van der Waals surface area contributed by atoms with Crippen LogP contribution in [0.25, 0.3) is 0 Å². The highest BCUT2D eigenvalue weighted by molar-refractivity contribution is 5.24. The molecule has 1 atom stereocenters. The van der Waals surface area contributed by atoms with E-state index in [0.29, 0.717) is 12.1 Å². The van der Waals surface area contributed by atoms with Gasteiger partial charge in [-0.15, -0.1) is 0 Å². The van der Waals surface area contributed by atoms with Gasteiger partial charge in [0.05, 0.1) is 11.7 Å². The van der Waals surface area contributed by atoms with Gasteiger partial charge in [0.15, 0.2) is 0 Å². The SMILES string of the molecule is OC(c1c(F)cc(F)cc1F)C1CC1. The zero-order chi connectivity index (χ0) is 10.3. The molecule has 1 aliphatic rings. The van der Waals surface area contributed by atoms with Gasteiger partial charge in [-0.3, -0.25) is 0 Å². The number of aliphatic hydroxyl groups excluding tert-OH is 1. The minimum Gasteiger partial charge on any atom is -0.388 e. The van der Waals surface area contributed by atoms with Gasteiger partial charge in [0.1, 0.15) is 17.5 Å². The van der Waals surface area contributed by atoms with E-state index in [0.717, 1.165) is 12.8 Å². The molecule has 2 rings (SSSR count). The molecule has 0 heterocycles. The van der Waals surface area contributed by atoms with Crippen LogP contribution in [0.3, 0.4) is 0 Å². The van der Waals surface area contributed by atoms with Crippen molar-refractivity contribution in [2.75, 3.05) is 0 Å². The minimum atomic E-state index is -1.14. The third-order valence-electron chi connectivity index (χ3n) is 2.41. The first-order valence-electron chi connectivity index (χ1n) is 4.42. The smallest absolute Gasteiger partial charge is 0.134 e. The number of hydrogen-bond acceptors (Lipinski definition) is 1. The van der Waals surface area contributed by atoms with E-state index in [-0.39, 0.29) is 5.92 Å². The Bertz CT molecular complexity index is 337. The van der Waals surface area contributed by atoms with Gasteiger partial charge in [0.2, 0.25) is 0 Å². The predicted molar refractivity (Wildman–Crippen MR) is 44.0 cm³/mol. The van der Waals surface area contributed by atoms with E-state index >= 15 is 0 Å². The largest absolute Gasteiger partial charge is 0.388 e. The molecule has 1 aliphatic carbocycles. The molecule has 0 aromatic heterocycles. The summed E-state index contributed by atoms with van der Waals surface area (Å²) in [7, 11) is 0. The van der Waals surface area contributed by atoms with Gasteiger partial charge < -0.3 is 5.11 Å². The molecule has 1 N–H and O–H groups in total. The third-order valence-corrected chi connectivity index (χ3v) is 2.41. The maximum absolute atomic E-state index is 13.1. The van der Waals surface area contributed by atoms with Gasteiger partial charge in [0.25, 0.3) is 0 Å². The Morgan fingerprint density at radius 2 is 1.64 bits per heavy atom. The second kappa shape index (κ2) is 3.28. The van der Waals surface area contributed by atoms with E-state index in [1.54, 1.807) is 0 Å². The first-order valence-corrected chi connectivity index (χ1v) is 4.42. The maximum atomic E-state index is 13.1. The van der Waals surface area contributed by atoms with Crippen molar-refractivity contribution < 1.29 is 18.3 Å². The summed E-state index contributed by atoms with van der Waals surface area (Å²) in [5.41, 5.74) is -0.408. The van der Waals surface area contributed by atoms with Gasteiger partial charge >= 0.3 is 0 Å². The molecule has 0 radical (unpaired) electrons. The van der Waals surface area contributed by atoms with Gasteiger partial charge in [-0.2, -0.15) is 0 Å². The lowest BCUT2D eigenvalue weighted by Crippen LogP contribution is -2.06.